The maximum atomic E-state index is 10.6. The van der Waals surface area contributed by atoms with Gasteiger partial charge < -0.3 is 5.73 Å². The lowest BCUT2D eigenvalue weighted by Gasteiger charge is -1.93. The lowest BCUT2D eigenvalue weighted by molar-refractivity contribution is -0.114. The summed E-state index contributed by atoms with van der Waals surface area (Å²) < 4.78 is 0. The van der Waals surface area contributed by atoms with E-state index in [9.17, 15) is 4.79 Å². The molecule has 0 saturated heterocycles. The minimum atomic E-state index is -0.474. The Morgan fingerprint density at radius 1 is 1.54 bits per heavy atom. The third-order valence-electron chi connectivity index (χ3n) is 1.64. The quantitative estimate of drug-likeness (QED) is 0.511. The van der Waals surface area contributed by atoms with Crippen molar-refractivity contribution < 1.29 is 4.79 Å². The summed E-state index contributed by atoms with van der Waals surface area (Å²) in [7, 11) is 0. The van der Waals surface area contributed by atoms with Crippen LogP contribution in [0.1, 0.15) is 26.7 Å². The Labute approximate surface area is 79.8 Å². The van der Waals surface area contributed by atoms with E-state index in [0.717, 1.165) is 12.8 Å². The van der Waals surface area contributed by atoms with E-state index in [4.69, 9.17) is 5.73 Å². The molecule has 0 aliphatic carbocycles. The fraction of sp³-hybridized carbons (Fsp3) is 0.364. The van der Waals surface area contributed by atoms with Crippen LogP contribution in [0.2, 0.25) is 0 Å². The first-order chi connectivity index (χ1) is 6.07. The van der Waals surface area contributed by atoms with Crippen LogP contribution >= 0.6 is 0 Å². The Morgan fingerprint density at radius 3 is 2.62 bits per heavy atom. The fourth-order valence-electron chi connectivity index (χ4n) is 0.888. The molecule has 0 aromatic carbocycles. The third-order valence-corrected chi connectivity index (χ3v) is 1.64. The van der Waals surface area contributed by atoms with Crippen molar-refractivity contribution in [3.63, 3.8) is 0 Å². The van der Waals surface area contributed by atoms with E-state index in [0.29, 0.717) is 5.57 Å². The molecule has 72 valence electrons. The van der Waals surface area contributed by atoms with Crippen molar-refractivity contribution in [2.45, 2.75) is 26.7 Å². The standard InChI is InChI=1S/C11H17NO/c1-4-6-9(2)7-5-8-10(3)11(12)13/h5,7-8H,3-4,6H2,1-2H3,(H2,12,13)/b8-5-,9-7-. The van der Waals surface area contributed by atoms with Crippen LogP contribution in [0, 0.1) is 0 Å². The number of primary amides is 1. The summed E-state index contributed by atoms with van der Waals surface area (Å²) in [5.74, 6) is -0.474. The van der Waals surface area contributed by atoms with Gasteiger partial charge in [0.25, 0.3) is 0 Å². The molecule has 1 amide bonds. The Balaban J connectivity index is 4.06. The number of allylic oxidation sites excluding steroid dienone is 3. The van der Waals surface area contributed by atoms with Gasteiger partial charge in [-0.3, -0.25) is 4.79 Å². The molecule has 0 atom stereocenters. The van der Waals surface area contributed by atoms with Crippen molar-refractivity contribution in [3.05, 3.63) is 36.0 Å². The van der Waals surface area contributed by atoms with Gasteiger partial charge >= 0.3 is 0 Å². The highest BCUT2D eigenvalue weighted by molar-refractivity contribution is 5.94. The van der Waals surface area contributed by atoms with Gasteiger partial charge in [-0.05, 0) is 13.3 Å². The molecule has 0 unspecified atom stereocenters. The maximum absolute atomic E-state index is 10.6. The van der Waals surface area contributed by atoms with Gasteiger partial charge in [-0.2, -0.15) is 0 Å². The van der Waals surface area contributed by atoms with E-state index in [-0.39, 0.29) is 0 Å². The summed E-state index contributed by atoms with van der Waals surface area (Å²) in [5, 5.41) is 0. The molecule has 0 heterocycles. The molecule has 2 N–H and O–H groups in total. The van der Waals surface area contributed by atoms with Crippen LogP contribution in [0.15, 0.2) is 36.0 Å². The highest BCUT2D eigenvalue weighted by atomic mass is 16.1. The maximum Gasteiger partial charge on any atom is 0.248 e. The van der Waals surface area contributed by atoms with Crippen LogP contribution in [0.25, 0.3) is 0 Å². The highest BCUT2D eigenvalue weighted by Gasteiger charge is 1.93. The average molecular weight is 179 g/mol. The average Bonchev–Trinajstić information content (AvgIpc) is 2.04. The van der Waals surface area contributed by atoms with Crippen LogP contribution < -0.4 is 5.73 Å². The highest BCUT2D eigenvalue weighted by Crippen LogP contribution is 2.03. The molecule has 0 saturated carbocycles. The zero-order valence-corrected chi connectivity index (χ0v) is 8.34. The number of amides is 1. The van der Waals surface area contributed by atoms with E-state index in [1.54, 1.807) is 12.2 Å². The van der Waals surface area contributed by atoms with Crippen molar-refractivity contribution in [2.75, 3.05) is 0 Å². The van der Waals surface area contributed by atoms with Crippen molar-refractivity contribution in [2.24, 2.45) is 5.73 Å². The number of carbonyl (C=O) groups is 1. The second kappa shape index (κ2) is 6.23. The molecule has 2 nitrogen and oxygen atoms in total. The predicted octanol–water partition coefficient (Wildman–Crippen LogP) is 2.33. The summed E-state index contributed by atoms with van der Waals surface area (Å²) in [6.45, 7) is 7.69. The molecule has 13 heavy (non-hydrogen) atoms. The number of hydrogen-bond donors (Lipinski definition) is 1. The molecular weight excluding hydrogens is 162 g/mol. The monoisotopic (exact) mass is 179 g/mol. The van der Waals surface area contributed by atoms with Crippen LogP contribution in [0.4, 0.5) is 0 Å². The predicted molar refractivity (Wildman–Crippen MR) is 56.1 cm³/mol. The molecule has 0 fully saturated rings. The van der Waals surface area contributed by atoms with E-state index in [2.05, 4.69) is 20.4 Å². The Hall–Kier alpha value is -1.31. The minimum Gasteiger partial charge on any atom is -0.366 e. The number of rotatable bonds is 5. The van der Waals surface area contributed by atoms with Crippen molar-refractivity contribution in [3.8, 4) is 0 Å². The lowest BCUT2D eigenvalue weighted by Crippen LogP contribution is -2.11. The van der Waals surface area contributed by atoms with E-state index < -0.39 is 5.91 Å². The first-order valence-electron chi connectivity index (χ1n) is 4.40. The first-order valence-corrected chi connectivity index (χ1v) is 4.40. The van der Waals surface area contributed by atoms with Gasteiger partial charge in [0, 0.05) is 5.57 Å². The SMILES string of the molecule is C=C(/C=C\C=C(\C)CCC)C(N)=O. The van der Waals surface area contributed by atoms with Gasteiger partial charge in [0.2, 0.25) is 5.91 Å². The second-order valence-electron chi connectivity index (χ2n) is 3.01. The smallest absolute Gasteiger partial charge is 0.248 e. The number of hydrogen-bond acceptors (Lipinski definition) is 1. The Morgan fingerprint density at radius 2 is 2.15 bits per heavy atom. The zero-order valence-electron chi connectivity index (χ0n) is 8.34. The molecule has 0 rings (SSSR count). The molecule has 0 aromatic heterocycles. The molecule has 0 radical (unpaired) electrons. The summed E-state index contributed by atoms with van der Waals surface area (Å²) in [4.78, 5) is 10.6. The Kier molecular flexibility index (Phi) is 5.60. The van der Waals surface area contributed by atoms with Crippen molar-refractivity contribution >= 4 is 5.91 Å². The summed E-state index contributed by atoms with van der Waals surface area (Å²) in [5.41, 5.74) is 6.62. The zero-order chi connectivity index (χ0) is 10.3. The lowest BCUT2D eigenvalue weighted by atomic mass is 10.1. The molecule has 0 aliphatic heterocycles. The molecular formula is C11H17NO. The van der Waals surface area contributed by atoms with E-state index in [1.165, 1.54) is 5.57 Å². The number of nitrogens with two attached hydrogens (primary N) is 1. The summed E-state index contributed by atoms with van der Waals surface area (Å²) >= 11 is 0. The molecule has 0 aliphatic rings. The molecule has 0 bridgehead atoms. The topological polar surface area (TPSA) is 43.1 Å². The van der Waals surface area contributed by atoms with E-state index >= 15 is 0 Å². The molecule has 0 spiro atoms. The van der Waals surface area contributed by atoms with Crippen LogP contribution in [0.5, 0.6) is 0 Å². The third kappa shape index (κ3) is 5.91. The van der Waals surface area contributed by atoms with Crippen molar-refractivity contribution in [1.29, 1.82) is 0 Å². The molecule has 0 aromatic rings. The van der Waals surface area contributed by atoms with Gasteiger partial charge in [-0.15, -0.1) is 0 Å². The van der Waals surface area contributed by atoms with Crippen LogP contribution in [-0.4, -0.2) is 5.91 Å². The fourth-order valence-corrected chi connectivity index (χ4v) is 0.888. The normalized spacial score (nSPS) is 12.0. The minimum absolute atomic E-state index is 0.334. The number of carbonyl (C=O) groups excluding carboxylic acids is 1. The van der Waals surface area contributed by atoms with Gasteiger partial charge in [-0.25, -0.2) is 0 Å². The molecule has 2 heteroatoms. The van der Waals surface area contributed by atoms with Crippen LogP contribution in [0.3, 0.4) is 0 Å². The van der Waals surface area contributed by atoms with Crippen LogP contribution in [-0.2, 0) is 4.79 Å². The van der Waals surface area contributed by atoms with Gasteiger partial charge in [0.15, 0.2) is 0 Å². The first kappa shape index (κ1) is 11.7. The second-order valence-corrected chi connectivity index (χ2v) is 3.01. The van der Waals surface area contributed by atoms with Gasteiger partial charge in [0.05, 0.1) is 0 Å². The van der Waals surface area contributed by atoms with E-state index in [1.807, 2.05) is 6.08 Å². The van der Waals surface area contributed by atoms with Gasteiger partial charge in [-0.1, -0.05) is 43.7 Å². The Bertz CT molecular complexity index is 249. The summed E-state index contributed by atoms with van der Waals surface area (Å²) in [6, 6.07) is 0. The summed E-state index contributed by atoms with van der Waals surface area (Å²) in [6.07, 6.45) is 7.61. The largest absolute Gasteiger partial charge is 0.366 e. The van der Waals surface area contributed by atoms with Crippen molar-refractivity contribution in [1.82, 2.24) is 0 Å². The van der Waals surface area contributed by atoms with Gasteiger partial charge in [0.1, 0.15) is 0 Å².